The fraction of sp³-hybridized carbons (Fsp3) is 0.583. The summed E-state index contributed by atoms with van der Waals surface area (Å²) in [5.74, 6) is 0.631. The molecule has 1 amide bonds. The van der Waals surface area contributed by atoms with Crippen molar-refractivity contribution in [2.45, 2.75) is 51.9 Å². The van der Waals surface area contributed by atoms with E-state index in [0.717, 1.165) is 42.7 Å². The van der Waals surface area contributed by atoms with Crippen molar-refractivity contribution in [3.63, 3.8) is 0 Å². The average Bonchev–Trinajstić information content (AvgIpc) is 3.29. The maximum absolute atomic E-state index is 12.5. The Bertz CT molecular complexity index is 970. The van der Waals surface area contributed by atoms with Crippen LogP contribution in [0.5, 0.6) is 5.75 Å². The number of nitrogens with two attached hydrogens (primary N) is 1. The predicted molar refractivity (Wildman–Crippen MR) is 127 cm³/mol. The van der Waals surface area contributed by atoms with Gasteiger partial charge in [-0.1, -0.05) is 0 Å². The lowest BCUT2D eigenvalue weighted by molar-refractivity contribution is -0.0394. The minimum atomic E-state index is -0.506. The molecule has 2 N–H and O–H groups in total. The molecule has 1 aromatic heterocycles. The zero-order chi connectivity index (χ0) is 23.6. The predicted octanol–water partition coefficient (Wildman–Crippen LogP) is 3.90. The summed E-state index contributed by atoms with van der Waals surface area (Å²) < 4.78 is 18.8. The topological polar surface area (TPSA) is 95.1 Å². The Morgan fingerprint density at radius 3 is 2.58 bits per heavy atom. The number of benzene rings is 1. The molecule has 0 spiro atoms. The number of hydrogen-bond donors (Lipinski definition) is 1. The largest absolute Gasteiger partial charge is 0.495 e. The Hall–Kier alpha value is -2.94. The van der Waals surface area contributed by atoms with Gasteiger partial charge in [-0.2, -0.15) is 5.10 Å². The summed E-state index contributed by atoms with van der Waals surface area (Å²) in [7, 11) is 1.62. The monoisotopic (exact) mass is 457 g/mol. The molecule has 2 aromatic rings. The molecule has 180 valence electrons. The Kier molecular flexibility index (Phi) is 6.69. The van der Waals surface area contributed by atoms with E-state index < -0.39 is 5.60 Å². The minimum absolute atomic E-state index is 0.0241. The third kappa shape index (κ3) is 5.35. The van der Waals surface area contributed by atoms with E-state index in [9.17, 15) is 4.79 Å². The highest BCUT2D eigenvalue weighted by atomic mass is 16.6. The zero-order valence-electron chi connectivity index (χ0n) is 20.0. The molecule has 0 saturated carbocycles. The van der Waals surface area contributed by atoms with Crippen LogP contribution in [0, 0.1) is 0 Å². The smallest absolute Gasteiger partial charge is 0.410 e. The van der Waals surface area contributed by atoms with Crippen molar-refractivity contribution in [1.82, 2.24) is 14.7 Å². The number of aromatic nitrogens is 2. The van der Waals surface area contributed by atoms with Crippen LogP contribution in [0.15, 0.2) is 24.5 Å². The molecule has 2 aliphatic heterocycles. The number of rotatable bonds is 4. The summed E-state index contributed by atoms with van der Waals surface area (Å²) >= 11 is 0. The third-order valence-electron chi connectivity index (χ3n) is 5.98. The summed E-state index contributed by atoms with van der Waals surface area (Å²) in [6.45, 7) is 8.93. The van der Waals surface area contributed by atoms with Crippen molar-refractivity contribution in [3.8, 4) is 16.9 Å². The van der Waals surface area contributed by atoms with Crippen LogP contribution in [0.25, 0.3) is 11.1 Å². The Balaban J connectivity index is 1.56. The van der Waals surface area contributed by atoms with Gasteiger partial charge in [-0.15, -0.1) is 0 Å². The van der Waals surface area contributed by atoms with E-state index in [1.54, 1.807) is 12.0 Å². The van der Waals surface area contributed by atoms with Crippen molar-refractivity contribution < 1.29 is 19.0 Å². The van der Waals surface area contributed by atoms with Crippen LogP contribution < -0.4 is 15.4 Å². The summed E-state index contributed by atoms with van der Waals surface area (Å²) in [4.78, 5) is 16.5. The quantitative estimate of drug-likeness (QED) is 0.696. The van der Waals surface area contributed by atoms with Gasteiger partial charge in [0.25, 0.3) is 0 Å². The number of piperazine rings is 1. The molecule has 1 unspecified atom stereocenters. The van der Waals surface area contributed by atoms with Crippen molar-refractivity contribution in [2.75, 3.05) is 50.5 Å². The third-order valence-corrected chi connectivity index (χ3v) is 5.98. The standard InChI is InChI=1S/C24H35N5O4/c1-24(2,3)33-23(30)28-10-8-27(9-11-28)20-14-21(31-4)19(25)13-18(20)17-15-26-29(16-17)22-7-5-6-12-32-22/h13-16,22H,5-12,25H2,1-4H3. The van der Waals surface area contributed by atoms with Crippen molar-refractivity contribution >= 4 is 17.5 Å². The van der Waals surface area contributed by atoms with E-state index in [0.29, 0.717) is 37.6 Å². The van der Waals surface area contributed by atoms with Crippen molar-refractivity contribution in [2.24, 2.45) is 0 Å². The average molecular weight is 458 g/mol. The number of carbonyl (C=O) groups excluding carboxylic acids is 1. The summed E-state index contributed by atoms with van der Waals surface area (Å²) in [6, 6.07) is 3.92. The fourth-order valence-corrected chi connectivity index (χ4v) is 4.28. The second-order valence-corrected chi connectivity index (χ2v) is 9.60. The molecule has 3 heterocycles. The number of anilines is 2. The van der Waals surface area contributed by atoms with Crippen LogP contribution in [-0.4, -0.2) is 66.3 Å². The normalized spacial score (nSPS) is 19.5. The number of amides is 1. The van der Waals surface area contributed by atoms with Gasteiger partial charge in [-0.25, -0.2) is 9.48 Å². The number of hydrogen-bond acceptors (Lipinski definition) is 7. The first-order valence-corrected chi connectivity index (χ1v) is 11.6. The summed E-state index contributed by atoms with van der Waals surface area (Å²) in [6.07, 6.45) is 6.79. The lowest BCUT2D eigenvalue weighted by Gasteiger charge is -2.37. The molecule has 9 nitrogen and oxygen atoms in total. The van der Waals surface area contributed by atoms with Crippen molar-refractivity contribution in [1.29, 1.82) is 0 Å². The lowest BCUT2D eigenvalue weighted by atomic mass is 10.0. The molecule has 2 saturated heterocycles. The van der Waals surface area contributed by atoms with Gasteiger partial charge in [0.15, 0.2) is 0 Å². The van der Waals surface area contributed by atoms with Gasteiger partial charge in [-0.3, -0.25) is 0 Å². The summed E-state index contributed by atoms with van der Waals surface area (Å²) in [5, 5.41) is 4.58. The first kappa shape index (κ1) is 23.2. The van der Waals surface area contributed by atoms with Gasteiger partial charge in [0.1, 0.15) is 17.6 Å². The number of nitrogens with zero attached hydrogens (tertiary/aromatic N) is 4. The van der Waals surface area contributed by atoms with Gasteiger partial charge in [0, 0.05) is 61.9 Å². The second kappa shape index (κ2) is 9.51. The van der Waals surface area contributed by atoms with Crippen LogP contribution in [0.1, 0.15) is 46.3 Å². The van der Waals surface area contributed by atoms with Gasteiger partial charge in [-0.05, 0) is 46.1 Å². The van der Waals surface area contributed by atoms with Crippen LogP contribution in [0.3, 0.4) is 0 Å². The molecule has 1 atom stereocenters. The molecule has 0 bridgehead atoms. The Labute approximate surface area is 195 Å². The molecule has 0 aliphatic carbocycles. The van der Waals surface area contributed by atoms with Crippen LogP contribution >= 0.6 is 0 Å². The molecule has 9 heteroatoms. The SMILES string of the molecule is COc1cc(N2CCN(C(=O)OC(C)(C)C)CC2)c(-c2cnn(C3CCCCO3)c2)cc1N. The molecule has 1 aromatic carbocycles. The first-order chi connectivity index (χ1) is 15.7. The second-order valence-electron chi connectivity index (χ2n) is 9.60. The highest BCUT2D eigenvalue weighted by molar-refractivity contribution is 5.84. The molecule has 33 heavy (non-hydrogen) atoms. The van der Waals surface area contributed by atoms with Crippen molar-refractivity contribution in [3.05, 3.63) is 24.5 Å². The Morgan fingerprint density at radius 2 is 1.94 bits per heavy atom. The van der Waals surface area contributed by atoms with Gasteiger partial charge in [0.05, 0.1) is 19.0 Å². The fourth-order valence-electron chi connectivity index (χ4n) is 4.28. The first-order valence-electron chi connectivity index (χ1n) is 11.6. The lowest BCUT2D eigenvalue weighted by Crippen LogP contribution is -2.50. The van der Waals surface area contributed by atoms with Gasteiger partial charge >= 0.3 is 6.09 Å². The number of methoxy groups -OCH3 is 1. The number of nitrogen functional groups attached to an aromatic ring is 1. The van der Waals surface area contributed by atoms with Crippen LogP contribution in [0.2, 0.25) is 0 Å². The maximum atomic E-state index is 12.5. The van der Waals surface area contributed by atoms with Crippen LogP contribution in [-0.2, 0) is 9.47 Å². The zero-order valence-corrected chi connectivity index (χ0v) is 20.0. The van der Waals surface area contributed by atoms with E-state index in [2.05, 4.69) is 10.00 Å². The molecule has 0 radical (unpaired) electrons. The molecular weight excluding hydrogens is 422 g/mol. The van der Waals surface area contributed by atoms with Crippen LogP contribution in [0.4, 0.5) is 16.2 Å². The molecule has 2 fully saturated rings. The van der Waals surface area contributed by atoms with E-state index in [1.807, 2.05) is 50.0 Å². The minimum Gasteiger partial charge on any atom is -0.495 e. The summed E-state index contributed by atoms with van der Waals surface area (Å²) in [5.41, 5.74) is 9.31. The maximum Gasteiger partial charge on any atom is 0.410 e. The number of carbonyl (C=O) groups is 1. The highest BCUT2D eigenvalue weighted by Gasteiger charge is 2.28. The van der Waals surface area contributed by atoms with Gasteiger partial charge in [0.2, 0.25) is 0 Å². The van der Waals surface area contributed by atoms with Gasteiger partial charge < -0.3 is 29.7 Å². The highest BCUT2D eigenvalue weighted by Crippen LogP contribution is 2.39. The van der Waals surface area contributed by atoms with E-state index in [1.165, 1.54) is 0 Å². The molecular formula is C24H35N5O4. The van der Waals surface area contributed by atoms with E-state index >= 15 is 0 Å². The number of ether oxygens (including phenoxy) is 3. The molecule has 4 rings (SSSR count). The Morgan fingerprint density at radius 1 is 1.18 bits per heavy atom. The molecule has 2 aliphatic rings. The van der Waals surface area contributed by atoms with E-state index in [4.69, 9.17) is 19.9 Å². The van der Waals surface area contributed by atoms with E-state index in [-0.39, 0.29) is 12.3 Å².